The van der Waals surface area contributed by atoms with Crippen LogP contribution < -0.4 is 10.6 Å². The average Bonchev–Trinajstić information content (AvgIpc) is 3.24. The second-order valence-corrected chi connectivity index (χ2v) is 8.69. The SMILES string of the molecule is O=C(N[C@H](N[C@H]1CCS(=O)(=O)C1)C(=O)c1ccc(Cl)cc1)c1ccco1. The monoisotopic (exact) mass is 396 g/mol. The van der Waals surface area contributed by atoms with Gasteiger partial charge in [-0.15, -0.1) is 0 Å². The largest absolute Gasteiger partial charge is 0.459 e. The van der Waals surface area contributed by atoms with Crippen LogP contribution in [0.25, 0.3) is 0 Å². The lowest BCUT2D eigenvalue weighted by atomic mass is 10.1. The van der Waals surface area contributed by atoms with Crippen molar-refractivity contribution in [2.24, 2.45) is 0 Å². The Labute approximate surface area is 155 Å². The van der Waals surface area contributed by atoms with E-state index in [0.717, 1.165) is 0 Å². The second kappa shape index (κ2) is 7.61. The van der Waals surface area contributed by atoms with Crippen LogP contribution in [0.15, 0.2) is 47.1 Å². The Bertz CT molecular complexity index is 894. The van der Waals surface area contributed by atoms with E-state index in [1.165, 1.54) is 12.3 Å². The molecule has 2 N–H and O–H groups in total. The van der Waals surface area contributed by atoms with Gasteiger partial charge in [0.25, 0.3) is 5.91 Å². The van der Waals surface area contributed by atoms with Gasteiger partial charge in [0, 0.05) is 16.6 Å². The van der Waals surface area contributed by atoms with E-state index in [1.54, 1.807) is 30.3 Å². The molecule has 9 heteroatoms. The van der Waals surface area contributed by atoms with Gasteiger partial charge in [0.1, 0.15) is 6.17 Å². The van der Waals surface area contributed by atoms with Gasteiger partial charge in [0.05, 0.1) is 17.8 Å². The van der Waals surface area contributed by atoms with Gasteiger partial charge >= 0.3 is 0 Å². The minimum absolute atomic E-state index is 0.0542. The maximum Gasteiger partial charge on any atom is 0.288 e. The molecule has 1 fully saturated rings. The Kier molecular flexibility index (Phi) is 5.45. The van der Waals surface area contributed by atoms with Gasteiger partial charge in [0.15, 0.2) is 21.4 Å². The molecule has 0 bridgehead atoms. The first-order valence-electron chi connectivity index (χ1n) is 7.95. The van der Waals surface area contributed by atoms with Crippen molar-refractivity contribution < 1.29 is 22.4 Å². The summed E-state index contributed by atoms with van der Waals surface area (Å²) in [5.74, 6) is -0.937. The van der Waals surface area contributed by atoms with Crippen LogP contribution in [0.4, 0.5) is 0 Å². The molecule has 2 aromatic rings. The summed E-state index contributed by atoms with van der Waals surface area (Å²) in [5.41, 5.74) is 0.340. The molecule has 3 rings (SSSR count). The van der Waals surface area contributed by atoms with E-state index >= 15 is 0 Å². The number of ketones is 1. The molecule has 2 heterocycles. The Morgan fingerprint density at radius 3 is 2.50 bits per heavy atom. The van der Waals surface area contributed by atoms with Crippen LogP contribution in [-0.2, 0) is 9.84 Å². The lowest BCUT2D eigenvalue weighted by molar-refractivity contribution is 0.0816. The van der Waals surface area contributed by atoms with Gasteiger partial charge in [-0.2, -0.15) is 0 Å². The molecule has 0 spiro atoms. The van der Waals surface area contributed by atoms with E-state index < -0.39 is 33.7 Å². The standard InChI is InChI=1S/C17H17ClN2O5S/c18-12-5-3-11(4-6-12)15(21)16(19-13-7-9-26(23,24)10-13)20-17(22)14-2-1-8-25-14/h1-6,8,13,16,19H,7,9-10H2,(H,20,22)/t13-,16-/m0/s1. The summed E-state index contributed by atoms with van der Waals surface area (Å²) < 4.78 is 28.4. The van der Waals surface area contributed by atoms with E-state index in [9.17, 15) is 18.0 Å². The fourth-order valence-corrected chi connectivity index (χ4v) is 4.55. The summed E-state index contributed by atoms with van der Waals surface area (Å²) in [6.45, 7) is 0. The molecular formula is C17H17ClN2O5S. The molecule has 7 nitrogen and oxygen atoms in total. The second-order valence-electron chi connectivity index (χ2n) is 6.02. The lowest BCUT2D eigenvalue weighted by Crippen LogP contribution is -2.54. The van der Waals surface area contributed by atoms with Crippen molar-refractivity contribution in [1.29, 1.82) is 0 Å². The number of sulfone groups is 1. The number of hydrogen-bond donors (Lipinski definition) is 2. The molecule has 1 aromatic carbocycles. The van der Waals surface area contributed by atoms with E-state index in [1.807, 2.05) is 0 Å². The number of benzene rings is 1. The molecule has 0 radical (unpaired) electrons. The summed E-state index contributed by atoms with van der Waals surface area (Å²) in [6, 6.07) is 8.84. The number of nitrogens with one attached hydrogen (secondary N) is 2. The van der Waals surface area contributed by atoms with Gasteiger partial charge in [-0.1, -0.05) is 11.6 Å². The van der Waals surface area contributed by atoms with E-state index in [2.05, 4.69) is 10.6 Å². The topological polar surface area (TPSA) is 105 Å². The molecule has 1 aliphatic rings. The molecule has 1 aliphatic heterocycles. The number of carbonyl (C=O) groups excluding carboxylic acids is 2. The van der Waals surface area contributed by atoms with Crippen LogP contribution in [-0.4, -0.2) is 43.8 Å². The first-order valence-corrected chi connectivity index (χ1v) is 10.1. The first kappa shape index (κ1) is 18.6. The Hall–Kier alpha value is -2.16. The zero-order valence-electron chi connectivity index (χ0n) is 13.6. The quantitative estimate of drug-likeness (QED) is 0.568. The third-order valence-electron chi connectivity index (χ3n) is 4.05. The Balaban J connectivity index is 1.79. The van der Waals surface area contributed by atoms with Crippen molar-refractivity contribution in [1.82, 2.24) is 10.6 Å². The fourth-order valence-electron chi connectivity index (χ4n) is 2.74. The smallest absolute Gasteiger partial charge is 0.288 e. The third-order valence-corrected chi connectivity index (χ3v) is 6.07. The zero-order valence-corrected chi connectivity index (χ0v) is 15.2. The molecule has 26 heavy (non-hydrogen) atoms. The Morgan fingerprint density at radius 1 is 1.19 bits per heavy atom. The van der Waals surface area contributed by atoms with Crippen LogP contribution in [0.2, 0.25) is 5.02 Å². The highest BCUT2D eigenvalue weighted by molar-refractivity contribution is 7.91. The average molecular weight is 397 g/mol. The van der Waals surface area contributed by atoms with Crippen LogP contribution in [0, 0.1) is 0 Å². The molecule has 1 saturated heterocycles. The summed E-state index contributed by atoms with van der Waals surface area (Å²) >= 11 is 5.84. The number of rotatable bonds is 6. The summed E-state index contributed by atoms with van der Waals surface area (Å²) in [4.78, 5) is 25.1. The summed E-state index contributed by atoms with van der Waals surface area (Å²) in [5, 5.41) is 5.99. The predicted molar refractivity (Wildman–Crippen MR) is 95.9 cm³/mol. The summed E-state index contributed by atoms with van der Waals surface area (Å²) in [7, 11) is -3.13. The predicted octanol–water partition coefficient (Wildman–Crippen LogP) is 1.65. The number of carbonyl (C=O) groups is 2. The van der Waals surface area contributed by atoms with Crippen molar-refractivity contribution in [3.05, 3.63) is 59.0 Å². The maximum absolute atomic E-state index is 12.8. The van der Waals surface area contributed by atoms with Gasteiger partial charge in [-0.25, -0.2) is 8.42 Å². The van der Waals surface area contributed by atoms with Crippen molar-refractivity contribution in [3.63, 3.8) is 0 Å². The van der Waals surface area contributed by atoms with E-state index in [-0.39, 0.29) is 17.3 Å². The van der Waals surface area contributed by atoms with Gasteiger partial charge in [-0.05, 0) is 42.8 Å². The molecule has 2 atom stereocenters. The van der Waals surface area contributed by atoms with Crippen LogP contribution in [0.1, 0.15) is 27.3 Å². The molecule has 1 amide bonds. The van der Waals surface area contributed by atoms with Crippen molar-refractivity contribution in [2.75, 3.05) is 11.5 Å². The fraction of sp³-hybridized carbons (Fsp3) is 0.294. The highest BCUT2D eigenvalue weighted by Crippen LogP contribution is 2.15. The Morgan fingerprint density at radius 2 is 1.92 bits per heavy atom. The molecule has 138 valence electrons. The van der Waals surface area contributed by atoms with Gasteiger partial charge < -0.3 is 9.73 Å². The molecular weight excluding hydrogens is 380 g/mol. The van der Waals surface area contributed by atoms with Gasteiger partial charge in [0.2, 0.25) is 0 Å². The maximum atomic E-state index is 12.8. The van der Waals surface area contributed by atoms with Crippen molar-refractivity contribution >= 4 is 33.1 Å². The highest BCUT2D eigenvalue weighted by Gasteiger charge is 2.32. The highest BCUT2D eigenvalue weighted by atomic mass is 35.5. The minimum Gasteiger partial charge on any atom is -0.459 e. The summed E-state index contributed by atoms with van der Waals surface area (Å²) in [6.07, 6.45) is 0.637. The van der Waals surface area contributed by atoms with E-state index in [0.29, 0.717) is 17.0 Å². The van der Waals surface area contributed by atoms with Gasteiger partial charge in [-0.3, -0.25) is 14.9 Å². The molecule has 0 aliphatic carbocycles. The normalized spacial score (nSPS) is 19.8. The first-order chi connectivity index (χ1) is 12.3. The van der Waals surface area contributed by atoms with Crippen molar-refractivity contribution in [3.8, 4) is 0 Å². The number of amides is 1. The van der Waals surface area contributed by atoms with E-state index in [4.69, 9.17) is 16.0 Å². The number of hydrogen-bond acceptors (Lipinski definition) is 6. The lowest BCUT2D eigenvalue weighted by Gasteiger charge is -2.22. The zero-order chi connectivity index (χ0) is 18.7. The number of halogens is 1. The number of Topliss-reactive ketones (excluding diaryl/α,β-unsaturated/α-hetero) is 1. The van der Waals surface area contributed by atoms with Crippen molar-refractivity contribution in [2.45, 2.75) is 18.6 Å². The minimum atomic E-state index is -3.13. The third kappa shape index (κ3) is 4.51. The van der Waals surface area contributed by atoms with Crippen LogP contribution in [0.5, 0.6) is 0 Å². The molecule has 1 aromatic heterocycles. The molecule has 0 saturated carbocycles. The van der Waals surface area contributed by atoms with Crippen LogP contribution in [0.3, 0.4) is 0 Å². The number of furan rings is 1. The van der Waals surface area contributed by atoms with Crippen LogP contribution >= 0.6 is 11.6 Å². The molecule has 0 unspecified atom stereocenters.